The number of pyridine rings is 1. The summed E-state index contributed by atoms with van der Waals surface area (Å²) in [6.45, 7) is 0. The Morgan fingerprint density at radius 2 is 1.69 bits per heavy atom. The van der Waals surface area contributed by atoms with Crippen molar-refractivity contribution in [2.45, 2.75) is 51.0 Å². The predicted octanol–water partition coefficient (Wildman–Crippen LogP) is 5.57. The van der Waals surface area contributed by atoms with Crippen molar-refractivity contribution in [3.63, 3.8) is 0 Å². The van der Waals surface area contributed by atoms with Gasteiger partial charge in [0.1, 0.15) is 11.2 Å². The van der Waals surface area contributed by atoms with Gasteiger partial charge in [0.15, 0.2) is 11.0 Å². The number of carbonyl (C=O) groups is 1. The standard InChI is InChI=1S/C27H25N3O5/c31-18-12-13-19-20(14-18)35-24-21(15-8-10-16(11-9-15)27(33)34)22-25(28-23(19)24)30(29-26(22)32)17-6-4-2-1-3-5-7-17/h8-14,17,28H,1-7H2,(H,29,32)(H,33,34). The largest absolute Gasteiger partial charge is 0.478 e. The normalized spacial score (nSPS) is 15.5. The Labute approximate surface area is 199 Å². The van der Waals surface area contributed by atoms with E-state index in [1.807, 2.05) is 4.68 Å². The summed E-state index contributed by atoms with van der Waals surface area (Å²) in [5, 5.41) is 13.6. The lowest BCUT2D eigenvalue weighted by molar-refractivity contribution is 0.0697. The topological polar surface area (TPSA) is 121 Å². The Balaban J connectivity index is 1.68. The molecular formula is C27H25N3O5. The molecule has 178 valence electrons. The molecule has 0 spiro atoms. The summed E-state index contributed by atoms with van der Waals surface area (Å²) in [5.41, 5.74) is 3.29. The highest BCUT2D eigenvalue weighted by atomic mass is 16.4. The fraction of sp³-hybridized carbons (Fsp3) is 0.296. The lowest BCUT2D eigenvalue weighted by atomic mass is 9.96. The average Bonchev–Trinajstić information content (AvgIpc) is 3.34. The van der Waals surface area contributed by atoms with E-state index in [9.17, 15) is 19.5 Å². The number of hydrogen-bond donors (Lipinski definition) is 3. The molecule has 5 aromatic rings. The summed E-state index contributed by atoms with van der Waals surface area (Å²) < 4.78 is 8.11. The van der Waals surface area contributed by atoms with Crippen molar-refractivity contribution in [1.29, 1.82) is 0 Å². The molecule has 1 aliphatic carbocycles. The second-order valence-electron chi connectivity index (χ2n) is 9.38. The Hall–Kier alpha value is -4.07. The minimum atomic E-state index is -1.02. The van der Waals surface area contributed by atoms with E-state index in [1.54, 1.807) is 18.2 Å². The summed E-state index contributed by atoms with van der Waals surface area (Å²) in [6, 6.07) is 11.3. The Morgan fingerprint density at radius 1 is 0.971 bits per heavy atom. The Bertz CT molecular complexity index is 1690. The van der Waals surface area contributed by atoms with Crippen molar-refractivity contribution in [2.24, 2.45) is 0 Å². The molecule has 1 aliphatic rings. The van der Waals surface area contributed by atoms with Gasteiger partial charge in [-0.05, 0) is 42.7 Å². The zero-order valence-electron chi connectivity index (χ0n) is 19.1. The molecule has 8 nitrogen and oxygen atoms in total. The van der Waals surface area contributed by atoms with Gasteiger partial charge in [0.05, 0.1) is 22.5 Å². The molecule has 0 unspecified atom stereocenters. The summed E-state index contributed by atoms with van der Waals surface area (Å²) in [5.74, 6) is -1.02. The number of aromatic carboxylic acids is 1. The second kappa shape index (κ2) is 8.30. The van der Waals surface area contributed by atoms with Crippen LogP contribution in [0.2, 0.25) is 0 Å². The lowest BCUT2D eigenvalue weighted by Crippen LogP contribution is -2.15. The van der Waals surface area contributed by atoms with Crippen LogP contribution in [0, 0.1) is 0 Å². The number of carboxylic acids is 1. The van der Waals surface area contributed by atoms with Gasteiger partial charge in [-0.2, -0.15) is 0 Å². The van der Waals surface area contributed by atoms with Gasteiger partial charge in [-0.3, -0.25) is 19.4 Å². The molecule has 0 bridgehead atoms. The maximum Gasteiger partial charge on any atom is 0.335 e. The fourth-order valence-corrected chi connectivity index (χ4v) is 5.43. The first-order valence-electron chi connectivity index (χ1n) is 12.1. The summed E-state index contributed by atoms with van der Waals surface area (Å²) >= 11 is 0. The number of furan rings is 1. The predicted molar refractivity (Wildman–Crippen MR) is 134 cm³/mol. The molecule has 0 radical (unpaired) electrons. The zero-order chi connectivity index (χ0) is 24.1. The minimum Gasteiger partial charge on any atom is -0.478 e. The van der Waals surface area contributed by atoms with Crippen LogP contribution in [0.3, 0.4) is 0 Å². The highest BCUT2D eigenvalue weighted by Crippen LogP contribution is 2.39. The number of nitrogens with zero attached hydrogens (tertiary/aromatic N) is 1. The molecule has 3 heterocycles. The van der Waals surface area contributed by atoms with E-state index in [-0.39, 0.29) is 22.6 Å². The van der Waals surface area contributed by atoms with Gasteiger partial charge in [0.25, 0.3) is 5.56 Å². The van der Waals surface area contributed by atoms with Crippen LogP contribution in [0.15, 0.2) is 56.5 Å². The third-order valence-corrected chi connectivity index (χ3v) is 7.17. The van der Waals surface area contributed by atoms with Gasteiger partial charge >= 0.3 is 5.97 Å². The van der Waals surface area contributed by atoms with E-state index in [2.05, 4.69) is 10.1 Å². The van der Waals surface area contributed by atoms with Crippen LogP contribution in [-0.2, 0) is 0 Å². The van der Waals surface area contributed by atoms with Crippen LogP contribution in [0.1, 0.15) is 61.3 Å². The molecular weight excluding hydrogens is 446 g/mol. The van der Waals surface area contributed by atoms with Crippen molar-refractivity contribution < 1.29 is 14.3 Å². The first-order chi connectivity index (χ1) is 17.0. The second-order valence-corrected chi connectivity index (χ2v) is 9.38. The highest BCUT2D eigenvalue weighted by Gasteiger charge is 2.25. The number of rotatable bonds is 3. The molecule has 1 fully saturated rings. The third-order valence-electron chi connectivity index (χ3n) is 7.17. The number of aromatic nitrogens is 3. The number of H-pyrrole nitrogens is 2. The number of hydrogen-bond acceptors (Lipinski definition) is 4. The van der Waals surface area contributed by atoms with Gasteiger partial charge in [-0.25, -0.2) is 4.79 Å². The van der Waals surface area contributed by atoms with Crippen LogP contribution >= 0.6 is 0 Å². The van der Waals surface area contributed by atoms with Gasteiger partial charge < -0.3 is 14.5 Å². The third kappa shape index (κ3) is 3.56. The van der Waals surface area contributed by atoms with E-state index < -0.39 is 5.97 Å². The van der Waals surface area contributed by atoms with Gasteiger partial charge in [-0.1, -0.05) is 44.2 Å². The molecule has 0 amide bonds. The van der Waals surface area contributed by atoms with Gasteiger partial charge in [-0.15, -0.1) is 0 Å². The van der Waals surface area contributed by atoms with Gasteiger partial charge in [0.2, 0.25) is 0 Å². The van der Waals surface area contributed by atoms with E-state index in [1.165, 1.54) is 43.5 Å². The summed E-state index contributed by atoms with van der Waals surface area (Å²) in [6.07, 6.45) is 7.83. The number of aromatic amines is 2. The van der Waals surface area contributed by atoms with Crippen LogP contribution < -0.4 is 11.0 Å². The molecule has 1 saturated carbocycles. The maximum atomic E-state index is 13.4. The monoisotopic (exact) mass is 471 g/mol. The molecule has 0 atom stereocenters. The summed E-state index contributed by atoms with van der Waals surface area (Å²) in [7, 11) is 0. The molecule has 0 saturated heterocycles. The van der Waals surface area contributed by atoms with Crippen molar-refractivity contribution in [1.82, 2.24) is 14.8 Å². The Kier molecular flexibility index (Phi) is 5.09. The molecule has 35 heavy (non-hydrogen) atoms. The first-order valence-corrected chi connectivity index (χ1v) is 12.1. The number of carboxylic acid groups (broad SMARTS) is 1. The molecule has 2 aromatic carbocycles. The fourth-order valence-electron chi connectivity index (χ4n) is 5.43. The lowest BCUT2D eigenvalue weighted by Gasteiger charge is -2.21. The smallest absolute Gasteiger partial charge is 0.335 e. The van der Waals surface area contributed by atoms with E-state index >= 15 is 0 Å². The van der Waals surface area contributed by atoms with Crippen molar-refractivity contribution in [3.05, 3.63) is 68.6 Å². The van der Waals surface area contributed by atoms with E-state index in [0.717, 1.165) is 31.1 Å². The van der Waals surface area contributed by atoms with E-state index in [0.29, 0.717) is 38.8 Å². The highest BCUT2D eigenvalue weighted by molar-refractivity contribution is 6.14. The first kappa shape index (κ1) is 21.5. The van der Waals surface area contributed by atoms with E-state index in [4.69, 9.17) is 4.42 Å². The zero-order valence-corrected chi connectivity index (χ0v) is 19.1. The number of benzene rings is 2. The Morgan fingerprint density at radius 3 is 2.40 bits per heavy atom. The van der Waals surface area contributed by atoms with Crippen molar-refractivity contribution in [3.8, 4) is 11.1 Å². The number of nitrogens with one attached hydrogen (secondary N) is 2. The minimum absolute atomic E-state index is 0.158. The van der Waals surface area contributed by atoms with Crippen LogP contribution in [0.5, 0.6) is 0 Å². The SMILES string of the molecule is O=C(O)c1ccc(-c2c3oc4cc(=O)ccc4c3[nH]c3c2c(=O)[nH]n3C2CCCCCCC2)cc1. The number of fused-ring (bicyclic) bond motifs is 4. The quantitative estimate of drug-likeness (QED) is 0.318. The molecule has 8 heteroatoms. The van der Waals surface area contributed by atoms with Crippen LogP contribution in [-0.4, -0.2) is 25.8 Å². The molecule has 3 aromatic heterocycles. The summed E-state index contributed by atoms with van der Waals surface area (Å²) in [4.78, 5) is 40.2. The van der Waals surface area contributed by atoms with Crippen LogP contribution in [0.25, 0.3) is 44.2 Å². The van der Waals surface area contributed by atoms with Gasteiger partial charge in [0, 0.05) is 17.0 Å². The van der Waals surface area contributed by atoms with Crippen molar-refractivity contribution in [2.75, 3.05) is 0 Å². The molecule has 6 rings (SSSR count). The van der Waals surface area contributed by atoms with Crippen LogP contribution in [0.4, 0.5) is 0 Å². The molecule has 3 N–H and O–H groups in total. The van der Waals surface area contributed by atoms with Crippen molar-refractivity contribution >= 4 is 39.1 Å². The molecule has 0 aliphatic heterocycles. The average molecular weight is 472 g/mol. The maximum absolute atomic E-state index is 13.4.